The highest BCUT2D eigenvalue weighted by Crippen LogP contribution is 2.22. The van der Waals surface area contributed by atoms with Crippen molar-refractivity contribution in [1.29, 1.82) is 0 Å². The standard InChI is InChI=1S/C16H26N2O3/c1-2-7-17-12-16(21)15(20)10-14(17)11-18-8-4-3-5-13(18)6-9-19/h10,12-13,19,21H,2-9,11H2,1H3. The summed E-state index contributed by atoms with van der Waals surface area (Å²) in [6.45, 7) is 4.79. The number of nitrogens with zero attached hydrogens (tertiary/aromatic N) is 2. The molecule has 2 rings (SSSR count). The van der Waals surface area contributed by atoms with Crippen LogP contribution in [0.3, 0.4) is 0 Å². The zero-order chi connectivity index (χ0) is 15.2. The molecule has 0 spiro atoms. The Balaban J connectivity index is 2.20. The van der Waals surface area contributed by atoms with Gasteiger partial charge in [-0.3, -0.25) is 9.69 Å². The molecule has 2 heterocycles. The van der Waals surface area contributed by atoms with Crippen molar-refractivity contribution < 1.29 is 10.2 Å². The lowest BCUT2D eigenvalue weighted by molar-refractivity contribution is 0.109. The van der Waals surface area contributed by atoms with Crippen molar-refractivity contribution in [2.24, 2.45) is 0 Å². The van der Waals surface area contributed by atoms with Gasteiger partial charge in [-0.2, -0.15) is 0 Å². The lowest BCUT2D eigenvalue weighted by atomic mass is 9.99. The minimum Gasteiger partial charge on any atom is -0.503 e. The van der Waals surface area contributed by atoms with Crippen molar-refractivity contribution in [3.63, 3.8) is 0 Å². The number of aromatic nitrogens is 1. The van der Waals surface area contributed by atoms with Gasteiger partial charge in [0.1, 0.15) is 0 Å². The lowest BCUT2D eigenvalue weighted by Crippen LogP contribution is -2.40. The fourth-order valence-corrected chi connectivity index (χ4v) is 3.14. The molecule has 0 saturated carbocycles. The second-order valence-corrected chi connectivity index (χ2v) is 5.84. The number of aliphatic hydroxyl groups is 1. The van der Waals surface area contributed by atoms with E-state index in [1.54, 1.807) is 12.3 Å². The maximum atomic E-state index is 11.7. The molecule has 1 atom stereocenters. The minimum absolute atomic E-state index is 0.183. The molecule has 0 aliphatic carbocycles. The molecule has 0 radical (unpaired) electrons. The van der Waals surface area contributed by atoms with Gasteiger partial charge in [0.05, 0.1) is 6.20 Å². The molecule has 0 bridgehead atoms. The Hall–Kier alpha value is -1.33. The minimum atomic E-state index is -0.312. The average Bonchev–Trinajstić information content (AvgIpc) is 2.47. The third kappa shape index (κ3) is 4.08. The number of rotatable bonds is 6. The third-order valence-corrected chi connectivity index (χ3v) is 4.24. The molecule has 0 aromatic carbocycles. The van der Waals surface area contributed by atoms with E-state index in [1.165, 1.54) is 6.42 Å². The van der Waals surface area contributed by atoms with E-state index < -0.39 is 0 Å². The summed E-state index contributed by atoms with van der Waals surface area (Å²) in [6, 6.07) is 1.94. The third-order valence-electron chi connectivity index (χ3n) is 4.24. The van der Waals surface area contributed by atoms with Crippen molar-refractivity contribution in [2.75, 3.05) is 13.2 Å². The first kappa shape index (κ1) is 16.0. The lowest BCUT2D eigenvalue weighted by Gasteiger charge is -2.36. The second-order valence-electron chi connectivity index (χ2n) is 5.84. The van der Waals surface area contributed by atoms with Crippen LogP contribution in [-0.4, -0.2) is 38.9 Å². The first-order chi connectivity index (χ1) is 10.2. The molecule has 0 amide bonds. The molecule has 1 aliphatic rings. The molecular weight excluding hydrogens is 268 g/mol. The number of hydrogen-bond acceptors (Lipinski definition) is 4. The number of hydrogen-bond donors (Lipinski definition) is 2. The van der Waals surface area contributed by atoms with Gasteiger partial charge in [-0.15, -0.1) is 0 Å². The van der Waals surface area contributed by atoms with Crippen molar-refractivity contribution in [3.8, 4) is 5.75 Å². The molecule has 1 aromatic heterocycles. The number of aryl methyl sites for hydroxylation is 1. The van der Waals surface area contributed by atoms with Crippen molar-refractivity contribution in [2.45, 2.75) is 58.2 Å². The number of pyridine rings is 1. The fourth-order valence-electron chi connectivity index (χ4n) is 3.14. The van der Waals surface area contributed by atoms with Gasteiger partial charge in [0.15, 0.2) is 5.75 Å². The maximum Gasteiger partial charge on any atom is 0.223 e. The molecule has 1 saturated heterocycles. The van der Waals surface area contributed by atoms with Gasteiger partial charge in [0, 0.05) is 37.5 Å². The monoisotopic (exact) mass is 294 g/mol. The van der Waals surface area contributed by atoms with Gasteiger partial charge in [0.2, 0.25) is 5.43 Å². The van der Waals surface area contributed by atoms with E-state index in [-0.39, 0.29) is 17.8 Å². The summed E-state index contributed by atoms with van der Waals surface area (Å²) in [7, 11) is 0. The molecule has 5 nitrogen and oxygen atoms in total. The first-order valence-electron chi connectivity index (χ1n) is 7.93. The van der Waals surface area contributed by atoms with Crippen LogP contribution in [0.25, 0.3) is 0 Å². The summed E-state index contributed by atoms with van der Waals surface area (Å²) >= 11 is 0. The van der Waals surface area contributed by atoms with Crippen molar-refractivity contribution in [3.05, 3.63) is 28.2 Å². The van der Waals surface area contributed by atoms with Gasteiger partial charge < -0.3 is 14.8 Å². The summed E-state index contributed by atoms with van der Waals surface area (Å²) < 4.78 is 1.97. The topological polar surface area (TPSA) is 65.7 Å². The molecule has 5 heteroatoms. The van der Waals surface area contributed by atoms with E-state index in [2.05, 4.69) is 11.8 Å². The second kappa shape index (κ2) is 7.61. The van der Waals surface area contributed by atoms with Crippen LogP contribution in [0.4, 0.5) is 0 Å². The predicted octanol–water partition coefficient (Wildman–Crippen LogP) is 1.70. The first-order valence-corrected chi connectivity index (χ1v) is 7.93. The SMILES string of the molecule is CCCn1cc(O)c(=O)cc1CN1CCCCC1CCO. The van der Waals surface area contributed by atoms with E-state index in [0.29, 0.717) is 12.6 Å². The number of piperidine rings is 1. The highest BCUT2D eigenvalue weighted by molar-refractivity contribution is 5.20. The summed E-state index contributed by atoms with van der Waals surface area (Å²) in [5, 5.41) is 18.8. The van der Waals surface area contributed by atoms with Crippen LogP contribution in [0.2, 0.25) is 0 Å². The molecule has 1 aliphatic heterocycles. The molecule has 118 valence electrons. The summed E-state index contributed by atoms with van der Waals surface area (Å²) in [6.07, 6.45) is 6.77. The summed E-state index contributed by atoms with van der Waals surface area (Å²) in [5.41, 5.74) is 0.637. The van der Waals surface area contributed by atoms with Gasteiger partial charge in [-0.05, 0) is 32.2 Å². The fraction of sp³-hybridized carbons (Fsp3) is 0.688. The zero-order valence-corrected chi connectivity index (χ0v) is 12.8. The smallest absolute Gasteiger partial charge is 0.223 e. The van der Waals surface area contributed by atoms with Crippen LogP contribution in [0, 0.1) is 0 Å². The maximum absolute atomic E-state index is 11.7. The zero-order valence-electron chi connectivity index (χ0n) is 12.8. The van der Waals surface area contributed by atoms with E-state index in [1.807, 2.05) is 4.57 Å². The van der Waals surface area contributed by atoms with Gasteiger partial charge >= 0.3 is 0 Å². The highest BCUT2D eigenvalue weighted by atomic mass is 16.3. The Morgan fingerprint density at radius 2 is 2.19 bits per heavy atom. The summed E-state index contributed by atoms with van der Waals surface area (Å²) in [5.74, 6) is -0.183. The quantitative estimate of drug-likeness (QED) is 0.838. The van der Waals surface area contributed by atoms with Crippen LogP contribution in [0.5, 0.6) is 5.75 Å². The molecular formula is C16H26N2O3. The van der Waals surface area contributed by atoms with Crippen LogP contribution in [0.1, 0.15) is 44.7 Å². The molecule has 1 fully saturated rings. The van der Waals surface area contributed by atoms with Crippen LogP contribution < -0.4 is 5.43 Å². The van der Waals surface area contributed by atoms with Gasteiger partial charge in [0.25, 0.3) is 0 Å². The van der Waals surface area contributed by atoms with Crippen molar-refractivity contribution >= 4 is 0 Å². The Bertz CT molecular complexity index is 511. The average molecular weight is 294 g/mol. The van der Waals surface area contributed by atoms with Crippen LogP contribution >= 0.6 is 0 Å². The highest BCUT2D eigenvalue weighted by Gasteiger charge is 2.22. The van der Waals surface area contributed by atoms with Gasteiger partial charge in [-0.25, -0.2) is 0 Å². The van der Waals surface area contributed by atoms with E-state index in [0.717, 1.165) is 44.5 Å². The van der Waals surface area contributed by atoms with Crippen LogP contribution in [-0.2, 0) is 13.1 Å². The Kier molecular flexibility index (Phi) is 5.82. The van der Waals surface area contributed by atoms with Gasteiger partial charge in [-0.1, -0.05) is 13.3 Å². The number of aliphatic hydroxyl groups excluding tert-OH is 1. The van der Waals surface area contributed by atoms with E-state index in [4.69, 9.17) is 0 Å². The van der Waals surface area contributed by atoms with E-state index in [9.17, 15) is 15.0 Å². The molecule has 1 unspecified atom stereocenters. The van der Waals surface area contributed by atoms with Crippen LogP contribution in [0.15, 0.2) is 17.1 Å². The predicted molar refractivity (Wildman–Crippen MR) is 82.4 cm³/mol. The van der Waals surface area contributed by atoms with E-state index >= 15 is 0 Å². The number of likely N-dealkylation sites (tertiary alicyclic amines) is 1. The largest absolute Gasteiger partial charge is 0.503 e. The summed E-state index contributed by atoms with van der Waals surface area (Å²) in [4.78, 5) is 14.1. The Labute approximate surface area is 125 Å². The molecule has 1 aromatic rings. The normalized spacial score (nSPS) is 19.8. The number of aromatic hydroxyl groups is 1. The Morgan fingerprint density at radius 1 is 1.38 bits per heavy atom. The molecule has 2 N–H and O–H groups in total. The van der Waals surface area contributed by atoms with Crippen molar-refractivity contribution in [1.82, 2.24) is 9.47 Å². The molecule has 21 heavy (non-hydrogen) atoms. The Morgan fingerprint density at radius 3 is 2.90 bits per heavy atom.